The third-order valence-electron chi connectivity index (χ3n) is 4.45. The van der Waals surface area contributed by atoms with Gasteiger partial charge in [-0.2, -0.15) is 5.10 Å². The number of carbonyl (C=O) groups excluding carboxylic acids is 1. The summed E-state index contributed by atoms with van der Waals surface area (Å²) in [7, 11) is 1.32. The van der Waals surface area contributed by atoms with E-state index in [4.69, 9.17) is 4.74 Å². The molecule has 0 unspecified atom stereocenters. The van der Waals surface area contributed by atoms with Crippen LogP contribution in [0.3, 0.4) is 0 Å². The maximum absolute atomic E-state index is 11.5. The Morgan fingerprint density at radius 1 is 1.00 bits per heavy atom. The lowest BCUT2D eigenvalue weighted by Crippen LogP contribution is -2.02. The number of rotatable bonds is 9. The second-order valence-corrected chi connectivity index (χ2v) is 6.63. The molecule has 1 N–H and O–H groups in total. The van der Waals surface area contributed by atoms with Crippen molar-refractivity contribution in [1.82, 2.24) is 0 Å². The third kappa shape index (κ3) is 6.10. The minimum atomic E-state index is -0.722. The fraction of sp³-hybridized carbons (Fsp3) is 0.0909. The monoisotopic (exact) mass is 450 g/mol. The molecule has 0 fully saturated rings. The van der Waals surface area contributed by atoms with Crippen LogP contribution in [0.25, 0.3) is 0 Å². The second-order valence-electron chi connectivity index (χ2n) is 6.63. The van der Waals surface area contributed by atoms with Gasteiger partial charge in [0.1, 0.15) is 18.0 Å². The highest BCUT2D eigenvalue weighted by Gasteiger charge is 2.19. The molecular weight excluding hydrogens is 432 g/mol. The van der Waals surface area contributed by atoms with Crippen molar-refractivity contribution in [3.8, 4) is 5.75 Å². The molecule has 3 rings (SSSR count). The average molecular weight is 450 g/mol. The number of esters is 1. The van der Waals surface area contributed by atoms with E-state index in [0.717, 1.165) is 17.7 Å². The van der Waals surface area contributed by atoms with Crippen LogP contribution in [0.1, 0.15) is 21.5 Å². The number of nitro groups is 2. The van der Waals surface area contributed by atoms with Gasteiger partial charge >= 0.3 is 11.7 Å². The van der Waals surface area contributed by atoms with E-state index in [0.29, 0.717) is 23.5 Å². The molecule has 0 atom stereocenters. The predicted molar refractivity (Wildman–Crippen MR) is 120 cm³/mol. The molecule has 0 saturated heterocycles. The highest BCUT2D eigenvalue weighted by Crippen LogP contribution is 2.28. The lowest BCUT2D eigenvalue weighted by molar-refractivity contribution is -0.393. The Labute approximate surface area is 187 Å². The number of nitrogens with zero attached hydrogens (tertiary/aromatic N) is 3. The van der Waals surface area contributed by atoms with Crippen molar-refractivity contribution >= 4 is 29.2 Å². The number of methoxy groups -OCH3 is 1. The first-order valence-corrected chi connectivity index (χ1v) is 9.49. The number of non-ortho nitro benzene ring substituents is 1. The standard InChI is InChI=1S/C22H18N4O7/c1-32-22(27)17-6-2-16(3-7-17)14-33-19-9-4-15(5-10-19)13-23-24-20-11-8-18(25(28)29)12-21(20)26(30)31/h2-13,24H,14H2,1H3. The lowest BCUT2D eigenvalue weighted by atomic mass is 10.1. The van der Waals surface area contributed by atoms with Gasteiger partial charge in [-0.25, -0.2) is 4.79 Å². The molecule has 3 aromatic carbocycles. The first kappa shape index (κ1) is 22.9. The Morgan fingerprint density at radius 2 is 1.70 bits per heavy atom. The minimum absolute atomic E-state index is 0.0278. The zero-order valence-corrected chi connectivity index (χ0v) is 17.3. The van der Waals surface area contributed by atoms with E-state index in [1.54, 1.807) is 48.5 Å². The van der Waals surface area contributed by atoms with Crippen LogP contribution >= 0.6 is 0 Å². The van der Waals surface area contributed by atoms with Gasteiger partial charge in [-0.15, -0.1) is 0 Å². The van der Waals surface area contributed by atoms with E-state index < -0.39 is 21.5 Å². The van der Waals surface area contributed by atoms with Crippen LogP contribution in [0.2, 0.25) is 0 Å². The topological polar surface area (TPSA) is 146 Å². The molecule has 0 aromatic heterocycles. The number of ether oxygens (including phenoxy) is 2. The Bertz CT molecular complexity index is 1190. The first-order valence-electron chi connectivity index (χ1n) is 9.49. The predicted octanol–water partition coefficient (Wildman–Crippen LogP) is 4.31. The largest absolute Gasteiger partial charge is 0.489 e. The van der Waals surface area contributed by atoms with Gasteiger partial charge in [-0.05, 0) is 53.6 Å². The van der Waals surface area contributed by atoms with Crippen LogP contribution in [0, 0.1) is 20.2 Å². The molecular formula is C22H18N4O7. The highest BCUT2D eigenvalue weighted by molar-refractivity contribution is 5.89. The molecule has 3 aromatic rings. The highest BCUT2D eigenvalue weighted by atomic mass is 16.6. The van der Waals surface area contributed by atoms with Gasteiger partial charge in [-0.3, -0.25) is 25.7 Å². The number of nitro benzene ring substituents is 2. The smallest absolute Gasteiger partial charge is 0.337 e. The van der Waals surface area contributed by atoms with E-state index in [2.05, 4.69) is 15.3 Å². The quantitative estimate of drug-likeness (QED) is 0.219. The van der Waals surface area contributed by atoms with Gasteiger partial charge in [0, 0.05) is 6.07 Å². The summed E-state index contributed by atoms with van der Waals surface area (Å²) in [5.41, 5.74) is 3.75. The van der Waals surface area contributed by atoms with E-state index in [-0.39, 0.29) is 11.4 Å². The van der Waals surface area contributed by atoms with Crippen molar-refractivity contribution in [2.75, 3.05) is 12.5 Å². The summed E-state index contributed by atoms with van der Waals surface area (Å²) in [6.07, 6.45) is 1.44. The van der Waals surface area contributed by atoms with Crippen molar-refractivity contribution in [3.63, 3.8) is 0 Å². The fourth-order valence-corrected chi connectivity index (χ4v) is 2.73. The molecule has 11 heteroatoms. The van der Waals surface area contributed by atoms with E-state index in [1.165, 1.54) is 19.4 Å². The summed E-state index contributed by atoms with van der Waals surface area (Å²) in [5.74, 6) is 0.209. The summed E-state index contributed by atoms with van der Waals surface area (Å²) >= 11 is 0. The number of carbonyl (C=O) groups is 1. The zero-order chi connectivity index (χ0) is 23.8. The van der Waals surface area contributed by atoms with Crippen molar-refractivity contribution in [3.05, 3.63) is 104 Å². The molecule has 0 bridgehead atoms. The second kappa shape index (κ2) is 10.5. The van der Waals surface area contributed by atoms with Gasteiger partial charge in [0.25, 0.3) is 5.69 Å². The number of anilines is 1. The van der Waals surface area contributed by atoms with Gasteiger partial charge in [0.15, 0.2) is 0 Å². The van der Waals surface area contributed by atoms with Crippen molar-refractivity contribution in [1.29, 1.82) is 0 Å². The van der Waals surface area contributed by atoms with Crippen LogP contribution in [0.4, 0.5) is 17.1 Å². The summed E-state index contributed by atoms with van der Waals surface area (Å²) < 4.78 is 10.4. The van der Waals surface area contributed by atoms with Crippen molar-refractivity contribution < 1.29 is 24.1 Å². The first-order chi connectivity index (χ1) is 15.9. The lowest BCUT2D eigenvalue weighted by Gasteiger charge is -2.07. The molecule has 0 radical (unpaired) electrons. The zero-order valence-electron chi connectivity index (χ0n) is 17.3. The van der Waals surface area contributed by atoms with Crippen LogP contribution in [-0.2, 0) is 11.3 Å². The maximum Gasteiger partial charge on any atom is 0.337 e. The maximum atomic E-state index is 11.5. The Balaban J connectivity index is 1.58. The number of benzene rings is 3. The number of hydrogen-bond acceptors (Lipinski definition) is 9. The molecule has 0 amide bonds. The fourth-order valence-electron chi connectivity index (χ4n) is 2.73. The molecule has 11 nitrogen and oxygen atoms in total. The molecule has 0 spiro atoms. The molecule has 0 heterocycles. The summed E-state index contributed by atoms with van der Waals surface area (Å²) in [4.78, 5) is 32.0. The molecule has 168 valence electrons. The molecule has 0 saturated carbocycles. The summed E-state index contributed by atoms with van der Waals surface area (Å²) in [6, 6.07) is 17.1. The molecule has 0 aliphatic carbocycles. The van der Waals surface area contributed by atoms with Crippen LogP contribution in [0.5, 0.6) is 5.75 Å². The van der Waals surface area contributed by atoms with Crippen molar-refractivity contribution in [2.45, 2.75) is 6.61 Å². The SMILES string of the molecule is COC(=O)c1ccc(COc2ccc(C=NNc3ccc([N+](=O)[O-])cc3[N+](=O)[O-])cc2)cc1. The van der Waals surface area contributed by atoms with Crippen LogP contribution in [-0.4, -0.2) is 29.1 Å². The van der Waals surface area contributed by atoms with E-state index in [9.17, 15) is 25.0 Å². The van der Waals surface area contributed by atoms with Crippen molar-refractivity contribution in [2.24, 2.45) is 5.10 Å². The Morgan fingerprint density at radius 3 is 2.30 bits per heavy atom. The number of hydrogen-bond donors (Lipinski definition) is 1. The molecule has 0 aliphatic heterocycles. The summed E-state index contributed by atoms with van der Waals surface area (Å²) in [6.45, 7) is 0.306. The Kier molecular flexibility index (Phi) is 7.27. The average Bonchev–Trinajstić information content (AvgIpc) is 2.83. The van der Waals surface area contributed by atoms with Gasteiger partial charge in [0.05, 0.1) is 34.8 Å². The van der Waals surface area contributed by atoms with Gasteiger partial charge < -0.3 is 9.47 Å². The van der Waals surface area contributed by atoms with E-state index in [1.807, 2.05) is 0 Å². The number of hydrazone groups is 1. The third-order valence-corrected chi connectivity index (χ3v) is 4.45. The molecule has 33 heavy (non-hydrogen) atoms. The summed E-state index contributed by atoms with van der Waals surface area (Å²) in [5, 5.41) is 25.9. The van der Waals surface area contributed by atoms with Crippen LogP contribution in [0.15, 0.2) is 71.8 Å². The van der Waals surface area contributed by atoms with Gasteiger partial charge in [0.2, 0.25) is 0 Å². The minimum Gasteiger partial charge on any atom is -0.489 e. The number of nitrogens with one attached hydrogen (secondary N) is 1. The van der Waals surface area contributed by atoms with Gasteiger partial charge in [-0.1, -0.05) is 12.1 Å². The van der Waals surface area contributed by atoms with E-state index >= 15 is 0 Å². The molecule has 0 aliphatic rings. The van der Waals surface area contributed by atoms with Crippen LogP contribution < -0.4 is 10.2 Å². The Hall–Kier alpha value is -4.80. The normalized spacial score (nSPS) is 10.6.